The van der Waals surface area contributed by atoms with Gasteiger partial charge in [-0.15, -0.1) is 0 Å². The lowest BCUT2D eigenvalue weighted by atomic mass is 10.0. The van der Waals surface area contributed by atoms with Gasteiger partial charge in [0, 0.05) is 0 Å². The number of benzene rings is 1. The van der Waals surface area contributed by atoms with Crippen LogP contribution in [0.15, 0.2) is 6.07 Å². The average Bonchev–Trinajstić information content (AvgIpc) is 2.26. The van der Waals surface area contributed by atoms with Crippen LogP contribution in [-0.4, -0.2) is 12.6 Å². The van der Waals surface area contributed by atoms with Crippen molar-refractivity contribution in [2.24, 2.45) is 0 Å². The Morgan fingerprint density at radius 1 is 1.24 bits per heavy atom. The van der Waals surface area contributed by atoms with E-state index in [1.807, 2.05) is 27.7 Å². The molecule has 1 aromatic rings. The van der Waals surface area contributed by atoms with Crippen molar-refractivity contribution >= 4 is 5.69 Å². The topological polar surface area (TPSA) is 45.0 Å². The Bertz CT molecular complexity index is 470. The molecule has 0 bridgehead atoms. The number of hydrogen-bond donors (Lipinski definition) is 1. The molecule has 0 saturated carbocycles. The average molecular weight is 232 g/mol. The van der Waals surface area contributed by atoms with Crippen LogP contribution in [0.5, 0.6) is 5.75 Å². The number of nitrogens with one attached hydrogen (secondary N) is 1. The molecule has 3 heteroatoms. The van der Waals surface area contributed by atoms with Crippen molar-refractivity contribution in [3.63, 3.8) is 0 Å². The molecule has 1 rings (SSSR count). The number of nitrogens with zero attached hydrogens (tertiary/aromatic N) is 1. The molecule has 17 heavy (non-hydrogen) atoms. The third kappa shape index (κ3) is 2.71. The van der Waals surface area contributed by atoms with Crippen LogP contribution in [0.1, 0.15) is 30.5 Å². The molecule has 1 aromatic carbocycles. The van der Waals surface area contributed by atoms with Crippen molar-refractivity contribution < 1.29 is 4.74 Å². The van der Waals surface area contributed by atoms with Gasteiger partial charge in [0.25, 0.3) is 0 Å². The monoisotopic (exact) mass is 232 g/mol. The van der Waals surface area contributed by atoms with E-state index in [0.29, 0.717) is 0 Å². The minimum Gasteiger partial charge on any atom is -0.494 e. The first-order valence-corrected chi connectivity index (χ1v) is 5.66. The summed E-state index contributed by atoms with van der Waals surface area (Å²) in [6.07, 6.45) is 0. The highest BCUT2D eigenvalue weighted by Gasteiger charge is 2.21. The summed E-state index contributed by atoms with van der Waals surface area (Å²) in [6, 6.07) is 4.34. The van der Waals surface area contributed by atoms with Gasteiger partial charge >= 0.3 is 0 Å². The van der Waals surface area contributed by atoms with Crippen molar-refractivity contribution in [3.05, 3.63) is 22.8 Å². The zero-order chi connectivity index (χ0) is 13.2. The summed E-state index contributed by atoms with van der Waals surface area (Å²) in [6.45, 7) is 9.80. The fourth-order valence-electron chi connectivity index (χ4n) is 1.80. The fraction of sp³-hybridized carbons (Fsp3) is 0.500. The van der Waals surface area contributed by atoms with Gasteiger partial charge in [-0.25, -0.2) is 0 Å². The minimum absolute atomic E-state index is 0.611. The van der Waals surface area contributed by atoms with Crippen LogP contribution in [0.25, 0.3) is 0 Å². The van der Waals surface area contributed by atoms with Crippen LogP contribution in [0.3, 0.4) is 0 Å². The van der Waals surface area contributed by atoms with Gasteiger partial charge in [-0.3, -0.25) is 0 Å². The Morgan fingerprint density at radius 2 is 1.82 bits per heavy atom. The first-order chi connectivity index (χ1) is 7.82. The lowest BCUT2D eigenvalue weighted by Gasteiger charge is -2.24. The molecule has 0 saturated heterocycles. The third-order valence-corrected chi connectivity index (χ3v) is 2.91. The van der Waals surface area contributed by atoms with E-state index >= 15 is 0 Å². The maximum atomic E-state index is 9.08. The van der Waals surface area contributed by atoms with Crippen LogP contribution in [0, 0.1) is 32.1 Å². The van der Waals surface area contributed by atoms with Gasteiger partial charge in [-0.1, -0.05) is 6.07 Å². The molecule has 0 amide bonds. The Hall–Kier alpha value is -1.69. The van der Waals surface area contributed by atoms with Gasteiger partial charge in [-0.05, 0) is 51.3 Å². The standard InChI is InChI=1S/C14H20N2O/c1-9-7-10(2)12(13(17-6)11(9)3)16-14(4,5)8-15/h7,16H,1-6H3. The number of aryl methyl sites for hydroxylation is 2. The molecular formula is C14H20N2O. The van der Waals surface area contributed by atoms with E-state index in [0.717, 1.165) is 22.6 Å². The van der Waals surface area contributed by atoms with Crippen molar-refractivity contribution in [2.45, 2.75) is 40.2 Å². The predicted molar refractivity (Wildman–Crippen MR) is 70.5 cm³/mol. The highest BCUT2D eigenvalue weighted by Crippen LogP contribution is 2.35. The molecule has 0 atom stereocenters. The van der Waals surface area contributed by atoms with E-state index in [9.17, 15) is 0 Å². The van der Waals surface area contributed by atoms with Gasteiger partial charge in [0.05, 0.1) is 18.9 Å². The highest BCUT2D eigenvalue weighted by molar-refractivity contribution is 5.68. The second-order valence-corrected chi connectivity index (χ2v) is 4.91. The van der Waals surface area contributed by atoms with Crippen molar-refractivity contribution in [3.8, 4) is 11.8 Å². The maximum Gasteiger partial charge on any atom is 0.145 e. The zero-order valence-electron chi connectivity index (χ0n) is 11.4. The summed E-state index contributed by atoms with van der Waals surface area (Å²) in [5, 5.41) is 12.3. The lowest BCUT2D eigenvalue weighted by molar-refractivity contribution is 0.412. The van der Waals surface area contributed by atoms with Crippen LogP contribution in [0.4, 0.5) is 5.69 Å². The largest absolute Gasteiger partial charge is 0.494 e. The Kier molecular flexibility index (Phi) is 3.67. The molecule has 0 aliphatic rings. The molecular weight excluding hydrogens is 212 g/mol. The molecule has 0 radical (unpaired) electrons. The van der Waals surface area contributed by atoms with Gasteiger partial charge in [0.2, 0.25) is 0 Å². The predicted octanol–water partition coefficient (Wildman–Crippen LogP) is 3.33. The first kappa shape index (κ1) is 13.4. The summed E-state index contributed by atoms with van der Waals surface area (Å²) in [5.41, 5.74) is 3.68. The summed E-state index contributed by atoms with van der Waals surface area (Å²) >= 11 is 0. The number of anilines is 1. The molecule has 3 nitrogen and oxygen atoms in total. The number of rotatable bonds is 3. The summed E-state index contributed by atoms with van der Waals surface area (Å²) in [7, 11) is 1.66. The summed E-state index contributed by atoms with van der Waals surface area (Å²) in [5.74, 6) is 0.825. The molecule has 0 aromatic heterocycles. The SMILES string of the molecule is COc1c(C)c(C)cc(C)c1NC(C)(C)C#N. The van der Waals surface area contributed by atoms with E-state index in [2.05, 4.69) is 24.4 Å². The maximum absolute atomic E-state index is 9.08. The molecule has 0 spiro atoms. The quantitative estimate of drug-likeness (QED) is 0.869. The number of methoxy groups -OCH3 is 1. The van der Waals surface area contributed by atoms with Crippen LogP contribution in [0.2, 0.25) is 0 Å². The molecule has 92 valence electrons. The Morgan fingerprint density at radius 3 is 2.29 bits per heavy atom. The minimum atomic E-state index is -0.611. The number of nitriles is 1. The number of ether oxygens (including phenoxy) is 1. The van der Waals surface area contributed by atoms with E-state index < -0.39 is 5.54 Å². The zero-order valence-corrected chi connectivity index (χ0v) is 11.4. The Labute approximate surface area is 103 Å². The lowest BCUT2D eigenvalue weighted by Crippen LogP contribution is -2.29. The number of hydrogen-bond acceptors (Lipinski definition) is 3. The van der Waals surface area contributed by atoms with Crippen LogP contribution < -0.4 is 10.1 Å². The summed E-state index contributed by atoms with van der Waals surface area (Å²) < 4.78 is 5.46. The second-order valence-electron chi connectivity index (χ2n) is 4.91. The van der Waals surface area contributed by atoms with E-state index in [1.165, 1.54) is 5.56 Å². The molecule has 0 aliphatic heterocycles. The molecule has 0 aliphatic carbocycles. The molecule has 0 fully saturated rings. The normalized spacial score (nSPS) is 10.9. The Balaban J connectivity index is 3.34. The smallest absolute Gasteiger partial charge is 0.145 e. The van der Waals surface area contributed by atoms with Crippen LogP contribution >= 0.6 is 0 Å². The van der Waals surface area contributed by atoms with E-state index in [4.69, 9.17) is 10.00 Å². The van der Waals surface area contributed by atoms with Crippen molar-refractivity contribution in [2.75, 3.05) is 12.4 Å². The third-order valence-electron chi connectivity index (χ3n) is 2.91. The molecule has 0 unspecified atom stereocenters. The fourth-order valence-corrected chi connectivity index (χ4v) is 1.80. The van der Waals surface area contributed by atoms with Gasteiger partial charge in [-0.2, -0.15) is 5.26 Å². The van der Waals surface area contributed by atoms with E-state index in [-0.39, 0.29) is 0 Å². The van der Waals surface area contributed by atoms with E-state index in [1.54, 1.807) is 7.11 Å². The molecule has 1 N–H and O–H groups in total. The van der Waals surface area contributed by atoms with Crippen molar-refractivity contribution in [1.82, 2.24) is 0 Å². The van der Waals surface area contributed by atoms with Gasteiger partial charge < -0.3 is 10.1 Å². The van der Waals surface area contributed by atoms with Crippen LogP contribution in [-0.2, 0) is 0 Å². The second kappa shape index (κ2) is 4.67. The van der Waals surface area contributed by atoms with Gasteiger partial charge in [0.1, 0.15) is 11.3 Å². The van der Waals surface area contributed by atoms with Crippen molar-refractivity contribution in [1.29, 1.82) is 5.26 Å². The molecule has 0 heterocycles. The first-order valence-electron chi connectivity index (χ1n) is 5.66. The highest BCUT2D eigenvalue weighted by atomic mass is 16.5. The summed E-state index contributed by atoms with van der Waals surface area (Å²) in [4.78, 5) is 0. The van der Waals surface area contributed by atoms with Gasteiger partial charge in [0.15, 0.2) is 0 Å².